The molecule has 5 nitrogen and oxygen atoms in total. The lowest BCUT2D eigenvalue weighted by Gasteiger charge is -2.29. The van der Waals surface area contributed by atoms with Gasteiger partial charge in [-0.15, -0.1) is 12.4 Å². The molecule has 0 aliphatic carbocycles. The van der Waals surface area contributed by atoms with E-state index < -0.39 is 30.0 Å². The molecule has 9 heteroatoms. The average molecular weight is 342 g/mol. The Morgan fingerprint density at radius 3 is 2.64 bits per heavy atom. The Morgan fingerprint density at radius 2 is 2.09 bits per heavy atom. The smallest absolute Gasteiger partial charge is 0.352 e. The summed E-state index contributed by atoms with van der Waals surface area (Å²) >= 11 is 0. The molecule has 2 aliphatic heterocycles. The van der Waals surface area contributed by atoms with Gasteiger partial charge in [-0.3, -0.25) is 9.59 Å². The van der Waals surface area contributed by atoms with Crippen LogP contribution in [0, 0.1) is 5.92 Å². The molecule has 2 amide bonds. The molecular formula is C13H19ClF3N3O2. The predicted octanol–water partition coefficient (Wildman–Crippen LogP) is 0.901. The number of amides is 2. The first-order chi connectivity index (χ1) is 9.88. The van der Waals surface area contributed by atoms with Gasteiger partial charge in [0.1, 0.15) is 12.0 Å². The zero-order chi connectivity index (χ0) is 15.5. The van der Waals surface area contributed by atoms with E-state index in [2.05, 4.69) is 10.6 Å². The van der Waals surface area contributed by atoms with E-state index in [1.54, 1.807) is 0 Å². The van der Waals surface area contributed by atoms with E-state index in [0.717, 1.165) is 25.1 Å². The van der Waals surface area contributed by atoms with Crippen molar-refractivity contribution < 1.29 is 22.8 Å². The van der Waals surface area contributed by atoms with Gasteiger partial charge in [0, 0.05) is 13.1 Å². The molecule has 2 unspecified atom stereocenters. The SMILES string of the molecule is Cl.O=C(NCC1=CCNCC1)C1CCC(C(F)(F)F)NC1=O. The van der Waals surface area contributed by atoms with Crippen molar-refractivity contribution in [2.45, 2.75) is 31.5 Å². The van der Waals surface area contributed by atoms with Crippen molar-refractivity contribution in [1.29, 1.82) is 0 Å². The molecule has 126 valence electrons. The van der Waals surface area contributed by atoms with Crippen LogP contribution in [0.3, 0.4) is 0 Å². The van der Waals surface area contributed by atoms with Crippen molar-refractivity contribution in [3.05, 3.63) is 11.6 Å². The van der Waals surface area contributed by atoms with Crippen molar-refractivity contribution in [3.8, 4) is 0 Å². The van der Waals surface area contributed by atoms with Crippen molar-refractivity contribution >= 4 is 24.2 Å². The summed E-state index contributed by atoms with van der Waals surface area (Å²) in [5.41, 5.74) is 1.06. The minimum atomic E-state index is -4.46. The highest BCUT2D eigenvalue weighted by molar-refractivity contribution is 6.00. The minimum absolute atomic E-state index is 0. The molecule has 0 aromatic carbocycles. The Kier molecular flexibility index (Phi) is 6.67. The molecule has 0 radical (unpaired) electrons. The maximum atomic E-state index is 12.5. The molecule has 22 heavy (non-hydrogen) atoms. The van der Waals surface area contributed by atoms with Gasteiger partial charge in [-0.25, -0.2) is 0 Å². The van der Waals surface area contributed by atoms with Crippen molar-refractivity contribution in [2.24, 2.45) is 5.92 Å². The standard InChI is InChI=1S/C13H18F3N3O2.ClH/c14-13(15,16)10-2-1-9(12(21)19-10)11(20)18-7-8-3-5-17-6-4-8;/h3,9-10,17H,1-2,4-7H2,(H,18,20)(H,19,21);1H. The van der Waals surface area contributed by atoms with Gasteiger partial charge in [-0.1, -0.05) is 11.6 Å². The molecule has 3 N–H and O–H groups in total. The van der Waals surface area contributed by atoms with Gasteiger partial charge in [0.05, 0.1) is 0 Å². The van der Waals surface area contributed by atoms with Crippen LogP contribution >= 0.6 is 12.4 Å². The van der Waals surface area contributed by atoms with Gasteiger partial charge in [0.2, 0.25) is 11.8 Å². The number of nitrogens with one attached hydrogen (secondary N) is 3. The summed E-state index contributed by atoms with van der Waals surface area (Å²) in [7, 11) is 0. The summed E-state index contributed by atoms with van der Waals surface area (Å²) < 4.78 is 37.5. The van der Waals surface area contributed by atoms with Crippen molar-refractivity contribution in [3.63, 3.8) is 0 Å². The first-order valence-corrected chi connectivity index (χ1v) is 6.91. The first-order valence-electron chi connectivity index (χ1n) is 6.91. The van der Waals surface area contributed by atoms with Crippen LogP contribution < -0.4 is 16.0 Å². The topological polar surface area (TPSA) is 70.2 Å². The molecule has 1 saturated heterocycles. The van der Waals surface area contributed by atoms with Gasteiger partial charge >= 0.3 is 6.18 Å². The van der Waals surface area contributed by atoms with Crippen molar-refractivity contribution in [2.75, 3.05) is 19.6 Å². The number of hydrogen-bond donors (Lipinski definition) is 3. The summed E-state index contributed by atoms with van der Waals surface area (Å²) in [5.74, 6) is -2.39. The highest BCUT2D eigenvalue weighted by Gasteiger charge is 2.45. The molecule has 2 atom stereocenters. The highest BCUT2D eigenvalue weighted by Crippen LogP contribution is 2.28. The Labute approximate surface area is 132 Å². The predicted molar refractivity (Wildman–Crippen MR) is 76.5 cm³/mol. The summed E-state index contributed by atoms with van der Waals surface area (Å²) in [6.45, 7) is 1.91. The van der Waals surface area contributed by atoms with Crippen LogP contribution in [0.25, 0.3) is 0 Å². The molecule has 1 fully saturated rings. The lowest BCUT2D eigenvalue weighted by Crippen LogP contribution is -2.54. The molecule has 2 aliphatic rings. The molecule has 0 bridgehead atoms. The largest absolute Gasteiger partial charge is 0.408 e. The fourth-order valence-corrected chi connectivity index (χ4v) is 2.46. The molecular weight excluding hydrogens is 323 g/mol. The number of piperidine rings is 1. The second-order valence-electron chi connectivity index (χ2n) is 5.27. The Balaban J connectivity index is 0.00000242. The maximum absolute atomic E-state index is 12.5. The molecule has 2 rings (SSSR count). The second-order valence-corrected chi connectivity index (χ2v) is 5.27. The molecule has 0 aromatic rings. The van der Waals surface area contributed by atoms with Crippen LogP contribution in [-0.2, 0) is 9.59 Å². The lowest BCUT2D eigenvalue weighted by atomic mass is 9.92. The number of carbonyl (C=O) groups is 2. The number of halogens is 4. The van der Waals surface area contributed by atoms with Crippen LogP contribution in [0.1, 0.15) is 19.3 Å². The number of rotatable bonds is 3. The second kappa shape index (κ2) is 7.82. The fourth-order valence-electron chi connectivity index (χ4n) is 2.46. The van der Waals surface area contributed by atoms with Crippen LogP contribution in [0.2, 0.25) is 0 Å². The maximum Gasteiger partial charge on any atom is 0.408 e. The van der Waals surface area contributed by atoms with Gasteiger partial charge in [0.25, 0.3) is 0 Å². The fraction of sp³-hybridized carbons (Fsp3) is 0.692. The Morgan fingerprint density at radius 1 is 1.36 bits per heavy atom. The van der Waals surface area contributed by atoms with Gasteiger partial charge in [-0.2, -0.15) is 13.2 Å². The van der Waals surface area contributed by atoms with Crippen LogP contribution in [0.15, 0.2) is 11.6 Å². The number of alkyl halides is 3. The molecule has 0 spiro atoms. The van der Waals surface area contributed by atoms with E-state index in [1.807, 2.05) is 11.4 Å². The Bertz CT molecular complexity index is 454. The normalized spacial score (nSPS) is 25.6. The lowest BCUT2D eigenvalue weighted by molar-refractivity contribution is -0.171. The quantitative estimate of drug-likeness (QED) is 0.528. The summed E-state index contributed by atoms with van der Waals surface area (Å²) in [6, 6.07) is -1.85. The summed E-state index contributed by atoms with van der Waals surface area (Å²) in [6.07, 6.45) is -2.03. The molecule has 2 heterocycles. The zero-order valence-electron chi connectivity index (χ0n) is 11.8. The third kappa shape index (κ3) is 4.88. The molecule has 0 saturated carbocycles. The average Bonchev–Trinajstić information content (AvgIpc) is 2.45. The van der Waals surface area contributed by atoms with Crippen molar-refractivity contribution in [1.82, 2.24) is 16.0 Å². The van der Waals surface area contributed by atoms with E-state index in [1.165, 1.54) is 0 Å². The van der Waals surface area contributed by atoms with Crippen LogP contribution in [0.5, 0.6) is 0 Å². The van der Waals surface area contributed by atoms with Gasteiger partial charge < -0.3 is 16.0 Å². The van der Waals surface area contributed by atoms with E-state index in [0.29, 0.717) is 6.54 Å². The van der Waals surface area contributed by atoms with E-state index in [4.69, 9.17) is 0 Å². The van der Waals surface area contributed by atoms with Gasteiger partial charge in [0.15, 0.2) is 0 Å². The summed E-state index contributed by atoms with van der Waals surface area (Å²) in [4.78, 5) is 23.6. The minimum Gasteiger partial charge on any atom is -0.352 e. The zero-order valence-corrected chi connectivity index (χ0v) is 12.6. The first kappa shape index (κ1) is 18.8. The summed E-state index contributed by atoms with van der Waals surface area (Å²) in [5, 5.41) is 7.64. The van der Waals surface area contributed by atoms with Crippen LogP contribution in [-0.4, -0.2) is 43.7 Å². The third-order valence-corrected chi connectivity index (χ3v) is 3.74. The van der Waals surface area contributed by atoms with Gasteiger partial charge in [-0.05, 0) is 25.8 Å². The highest BCUT2D eigenvalue weighted by atomic mass is 35.5. The van der Waals surface area contributed by atoms with E-state index in [9.17, 15) is 22.8 Å². The molecule has 0 aromatic heterocycles. The Hall–Kier alpha value is -1.28. The number of carbonyl (C=O) groups excluding carboxylic acids is 2. The van der Waals surface area contributed by atoms with Crippen LogP contribution in [0.4, 0.5) is 13.2 Å². The van der Waals surface area contributed by atoms with E-state index >= 15 is 0 Å². The van der Waals surface area contributed by atoms with E-state index in [-0.39, 0.29) is 25.2 Å². The number of hydrogen-bond acceptors (Lipinski definition) is 3. The third-order valence-electron chi connectivity index (χ3n) is 3.74. The monoisotopic (exact) mass is 341 g/mol.